The van der Waals surface area contributed by atoms with Crippen molar-refractivity contribution in [2.24, 2.45) is 0 Å². The molecule has 0 bridgehead atoms. The Kier molecular flexibility index (Phi) is 7.12. The van der Waals surface area contributed by atoms with Crippen LogP contribution in [0.3, 0.4) is 0 Å². The van der Waals surface area contributed by atoms with Gasteiger partial charge >= 0.3 is 0 Å². The predicted molar refractivity (Wildman–Crippen MR) is 237 cm³/mol. The molecule has 1 unspecified atom stereocenters. The summed E-state index contributed by atoms with van der Waals surface area (Å²) >= 11 is 0. The van der Waals surface area contributed by atoms with Crippen molar-refractivity contribution >= 4 is 21.8 Å². The lowest BCUT2D eigenvalue weighted by molar-refractivity contribution is 0.994. The summed E-state index contributed by atoms with van der Waals surface area (Å²) in [6.07, 6.45) is 0. The summed E-state index contributed by atoms with van der Waals surface area (Å²) in [5, 5.41) is 2.54. The van der Waals surface area contributed by atoms with Crippen LogP contribution in [-0.4, -0.2) is 4.57 Å². The second-order valence-corrected chi connectivity index (χ2v) is 15.6. The van der Waals surface area contributed by atoms with Gasteiger partial charge in [-0.15, -0.1) is 0 Å². The smallest absolute Gasteiger partial charge is 0.0541 e. The van der Waals surface area contributed by atoms with E-state index in [2.05, 4.69) is 217 Å². The second kappa shape index (κ2) is 12.7. The van der Waals surface area contributed by atoms with Gasteiger partial charge in [0.25, 0.3) is 0 Å². The minimum Gasteiger partial charge on any atom is -0.309 e. The molecule has 0 radical (unpaired) electrons. The van der Waals surface area contributed by atoms with Gasteiger partial charge in [0.2, 0.25) is 0 Å². The average molecular weight is 724 g/mol. The largest absolute Gasteiger partial charge is 0.309 e. The number of hydrogen-bond acceptors (Lipinski definition) is 0. The predicted octanol–water partition coefficient (Wildman–Crippen LogP) is 14.4. The third kappa shape index (κ3) is 4.95. The Morgan fingerprint density at radius 1 is 0.281 bits per heavy atom. The van der Waals surface area contributed by atoms with E-state index in [4.69, 9.17) is 0 Å². The first kappa shape index (κ1) is 32.1. The highest BCUT2D eigenvalue weighted by atomic mass is 15.0. The van der Waals surface area contributed by atoms with Crippen LogP contribution in [0.1, 0.15) is 45.2 Å². The van der Waals surface area contributed by atoms with Gasteiger partial charge in [-0.1, -0.05) is 176 Å². The van der Waals surface area contributed by atoms with Gasteiger partial charge in [-0.2, -0.15) is 0 Å². The Balaban J connectivity index is 1.01. The first-order valence-electron chi connectivity index (χ1n) is 20.0. The van der Waals surface area contributed by atoms with Gasteiger partial charge in [-0.05, 0) is 114 Å². The third-order valence-corrected chi connectivity index (χ3v) is 12.5. The van der Waals surface area contributed by atoms with E-state index in [9.17, 15) is 0 Å². The van der Waals surface area contributed by atoms with Crippen LogP contribution in [0.5, 0.6) is 0 Å². The summed E-state index contributed by atoms with van der Waals surface area (Å²) in [4.78, 5) is 0. The zero-order valence-corrected chi connectivity index (χ0v) is 31.3. The van der Waals surface area contributed by atoms with Crippen LogP contribution < -0.4 is 0 Å². The average Bonchev–Trinajstić information content (AvgIpc) is 3.92. The number of aromatic nitrogens is 1. The number of hydrogen-bond donors (Lipinski definition) is 0. The molecule has 1 aromatic heterocycles. The molecule has 1 atom stereocenters. The highest BCUT2D eigenvalue weighted by molar-refractivity contribution is 6.09. The Labute approximate surface area is 332 Å². The van der Waals surface area contributed by atoms with Gasteiger partial charge in [0, 0.05) is 28.3 Å². The molecule has 12 rings (SSSR count). The molecule has 9 aromatic carbocycles. The van der Waals surface area contributed by atoms with Gasteiger partial charge in [-0.25, -0.2) is 0 Å². The lowest BCUT2D eigenvalue weighted by Gasteiger charge is -2.19. The maximum Gasteiger partial charge on any atom is 0.0541 e. The molecule has 0 saturated heterocycles. The third-order valence-electron chi connectivity index (χ3n) is 12.5. The van der Waals surface area contributed by atoms with Crippen molar-refractivity contribution in [3.05, 3.63) is 246 Å². The fourth-order valence-electron chi connectivity index (χ4n) is 10.1. The molecule has 0 N–H and O–H groups in total. The molecular weight excluding hydrogens is 687 g/mol. The van der Waals surface area contributed by atoms with E-state index in [0.717, 1.165) is 5.69 Å². The normalized spacial score (nSPS) is 14.1. The lowest BCUT2D eigenvalue weighted by atomic mass is 9.85. The van der Waals surface area contributed by atoms with E-state index in [-0.39, 0.29) is 11.8 Å². The van der Waals surface area contributed by atoms with Crippen molar-refractivity contribution in [2.75, 3.05) is 0 Å². The SMILES string of the molecule is c1ccc(-c2cc(-c3cccc(C4c5ccccc5-c5cc(C6c7ccccc7-c7ccccc76)ccc54)c3)cc(-n3c4ccccc4c4ccccc43)c2)cc1. The van der Waals surface area contributed by atoms with Gasteiger partial charge in [0.05, 0.1) is 11.0 Å². The van der Waals surface area contributed by atoms with Crippen molar-refractivity contribution in [3.63, 3.8) is 0 Å². The highest BCUT2D eigenvalue weighted by Crippen LogP contribution is 2.52. The number of para-hydroxylation sites is 2. The molecule has 0 amide bonds. The molecular formula is C56H37N. The molecule has 0 aliphatic heterocycles. The van der Waals surface area contributed by atoms with Crippen LogP contribution in [0.2, 0.25) is 0 Å². The van der Waals surface area contributed by atoms with Gasteiger partial charge in [-0.3, -0.25) is 0 Å². The summed E-state index contributed by atoms with van der Waals surface area (Å²) in [5.74, 6) is 0.361. The Morgan fingerprint density at radius 3 is 1.39 bits per heavy atom. The molecule has 0 fully saturated rings. The van der Waals surface area contributed by atoms with E-state index in [1.54, 1.807) is 0 Å². The van der Waals surface area contributed by atoms with Gasteiger partial charge in [0.1, 0.15) is 0 Å². The maximum atomic E-state index is 2.49. The summed E-state index contributed by atoms with van der Waals surface area (Å²) < 4.78 is 2.44. The van der Waals surface area contributed by atoms with Crippen LogP contribution in [-0.2, 0) is 0 Å². The van der Waals surface area contributed by atoms with E-state index in [1.807, 2.05) is 0 Å². The highest BCUT2D eigenvalue weighted by Gasteiger charge is 2.34. The standard InChI is InChI=1S/C56H37N/c1-2-15-36(16-3-1)40-32-41(34-42(33-40)57-53-27-12-10-22-46(53)47-23-11-13-28-54(47)57)37-17-14-18-38(31-37)55-50-26-9-6-21-45(50)52-35-39(29-30-51(52)55)56-48-24-7-4-19-43(48)44-20-5-8-25-49(44)56/h1-35,55-56H. The summed E-state index contributed by atoms with van der Waals surface area (Å²) in [6, 6.07) is 79.0. The second-order valence-electron chi connectivity index (χ2n) is 15.6. The fourth-order valence-corrected chi connectivity index (χ4v) is 10.1. The number of rotatable bonds is 5. The van der Waals surface area contributed by atoms with Crippen LogP contribution in [0.15, 0.2) is 212 Å². The van der Waals surface area contributed by atoms with Crippen LogP contribution in [0.25, 0.3) is 72.0 Å². The minimum absolute atomic E-state index is 0.141. The van der Waals surface area contributed by atoms with Crippen molar-refractivity contribution in [2.45, 2.75) is 11.8 Å². The van der Waals surface area contributed by atoms with Crippen LogP contribution >= 0.6 is 0 Å². The molecule has 2 aliphatic rings. The van der Waals surface area contributed by atoms with Crippen molar-refractivity contribution in [3.8, 4) is 50.2 Å². The maximum absolute atomic E-state index is 2.49. The Hall–Kier alpha value is -7.22. The first-order chi connectivity index (χ1) is 28.3. The van der Waals surface area contributed by atoms with E-state index >= 15 is 0 Å². The molecule has 2 aliphatic carbocycles. The molecule has 1 heterocycles. The first-order valence-corrected chi connectivity index (χ1v) is 20.0. The summed E-state index contributed by atoms with van der Waals surface area (Å²) in [7, 11) is 0. The molecule has 1 nitrogen and oxygen atoms in total. The fraction of sp³-hybridized carbons (Fsp3) is 0.0357. The van der Waals surface area contributed by atoms with Gasteiger partial charge < -0.3 is 4.57 Å². The zero-order chi connectivity index (χ0) is 37.5. The van der Waals surface area contributed by atoms with E-state index < -0.39 is 0 Å². The number of fused-ring (bicyclic) bond motifs is 9. The number of nitrogens with zero attached hydrogens (tertiary/aromatic N) is 1. The monoisotopic (exact) mass is 723 g/mol. The minimum atomic E-state index is 0.141. The Morgan fingerprint density at radius 2 is 0.754 bits per heavy atom. The summed E-state index contributed by atoms with van der Waals surface area (Å²) in [6.45, 7) is 0. The van der Waals surface area contributed by atoms with Crippen molar-refractivity contribution < 1.29 is 0 Å². The Bertz CT molecular complexity index is 3100. The van der Waals surface area contributed by atoms with Crippen molar-refractivity contribution in [1.82, 2.24) is 4.57 Å². The van der Waals surface area contributed by atoms with Crippen molar-refractivity contribution in [1.29, 1.82) is 0 Å². The number of benzene rings is 9. The van der Waals surface area contributed by atoms with Gasteiger partial charge in [0.15, 0.2) is 0 Å². The molecule has 0 saturated carbocycles. The molecule has 10 aromatic rings. The lowest BCUT2D eigenvalue weighted by Crippen LogP contribution is -2.02. The molecule has 266 valence electrons. The quantitative estimate of drug-likeness (QED) is 0.167. The molecule has 1 heteroatoms. The molecule has 0 spiro atoms. The van der Waals surface area contributed by atoms with Crippen LogP contribution in [0.4, 0.5) is 0 Å². The zero-order valence-electron chi connectivity index (χ0n) is 31.3. The van der Waals surface area contributed by atoms with E-state index in [0.29, 0.717) is 0 Å². The summed E-state index contributed by atoms with van der Waals surface area (Å²) in [5.41, 5.74) is 22.0. The topological polar surface area (TPSA) is 4.93 Å². The van der Waals surface area contributed by atoms with E-state index in [1.165, 1.54) is 99.7 Å². The molecule has 57 heavy (non-hydrogen) atoms. The van der Waals surface area contributed by atoms with Crippen LogP contribution in [0, 0.1) is 0 Å².